The second-order valence-corrected chi connectivity index (χ2v) is 7.95. The maximum atomic E-state index is 12.5. The zero-order valence-electron chi connectivity index (χ0n) is 18.4. The van der Waals surface area contributed by atoms with E-state index in [1.165, 1.54) is 0 Å². The number of thiocarbonyl (C=S) groups is 1. The van der Waals surface area contributed by atoms with Crippen LogP contribution in [-0.2, 0) is 4.79 Å². The summed E-state index contributed by atoms with van der Waals surface area (Å²) in [6.07, 6.45) is 3.06. The maximum Gasteiger partial charge on any atom is 0.276 e. The van der Waals surface area contributed by atoms with Crippen LogP contribution < -0.4 is 25.6 Å². The van der Waals surface area contributed by atoms with Gasteiger partial charge in [0.2, 0.25) is 0 Å². The Bertz CT molecular complexity index is 945. The lowest BCUT2D eigenvalue weighted by molar-refractivity contribution is -0.123. The van der Waals surface area contributed by atoms with Crippen molar-refractivity contribution in [2.45, 2.75) is 40.0 Å². The number of aryl methyl sites for hydroxylation is 2. The Morgan fingerprint density at radius 3 is 2.41 bits per heavy atom. The molecule has 0 saturated heterocycles. The van der Waals surface area contributed by atoms with Gasteiger partial charge in [-0.2, -0.15) is 0 Å². The van der Waals surface area contributed by atoms with E-state index in [1.807, 2.05) is 13.8 Å². The molecule has 0 bridgehead atoms. The number of hydrazine groups is 1. The third kappa shape index (κ3) is 8.01. The molecule has 0 fully saturated rings. The number of hydrogen-bond donors (Lipinski definition) is 3. The normalized spacial score (nSPS) is 10.2. The molecule has 0 saturated carbocycles. The number of halogens is 1. The molecule has 0 aromatic heterocycles. The summed E-state index contributed by atoms with van der Waals surface area (Å²) < 4.78 is 11.2. The molecule has 0 aliphatic carbocycles. The van der Waals surface area contributed by atoms with Gasteiger partial charge >= 0.3 is 0 Å². The van der Waals surface area contributed by atoms with Crippen molar-refractivity contribution in [1.29, 1.82) is 0 Å². The Balaban J connectivity index is 1.80. The molecule has 2 aromatic rings. The molecule has 0 aliphatic heterocycles. The lowest BCUT2D eigenvalue weighted by Crippen LogP contribution is -2.49. The molecule has 0 spiro atoms. The van der Waals surface area contributed by atoms with Gasteiger partial charge in [0.15, 0.2) is 11.7 Å². The molecular formula is C23H28ClN3O4S. The van der Waals surface area contributed by atoms with E-state index >= 15 is 0 Å². The molecule has 0 unspecified atom stereocenters. The van der Waals surface area contributed by atoms with Crippen LogP contribution in [0, 0.1) is 13.8 Å². The molecule has 0 radical (unpaired) electrons. The molecule has 2 amide bonds. The lowest BCUT2D eigenvalue weighted by Gasteiger charge is -2.14. The van der Waals surface area contributed by atoms with E-state index in [0.29, 0.717) is 28.7 Å². The van der Waals surface area contributed by atoms with E-state index in [2.05, 4.69) is 23.1 Å². The van der Waals surface area contributed by atoms with Crippen LogP contribution in [0.25, 0.3) is 0 Å². The minimum Gasteiger partial charge on any atom is -0.493 e. The molecule has 9 heteroatoms. The van der Waals surface area contributed by atoms with E-state index in [4.69, 9.17) is 33.3 Å². The van der Waals surface area contributed by atoms with Crippen LogP contribution >= 0.6 is 23.8 Å². The van der Waals surface area contributed by atoms with Crippen molar-refractivity contribution < 1.29 is 19.1 Å². The molecule has 2 aromatic carbocycles. The van der Waals surface area contributed by atoms with Gasteiger partial charge in [-0.05, 0) is 67.9 Å². The number of para-hydroxylation sites is 1. The van der Waals surface area contributed by atoms with E-state index in [0.717, 1.165) is 30.4 Å². The Morgan fingerprint density at radius 1 is 1.03 bits per heavy atom. The Morgan fingerprint density at radius 2 is 1.72 bits per heavy atom. The summed E-state index contributed by atoms with van der Waals surface area (Å²) in [4.78, 5) is 24.6. The minimum atomic E-state index is -0.466. The summed E-state index contributed by atoms with van der Waals surface area (Å²) >= 11 is 11.2. The van der Waals surface area contributed by atoms with Crippen molar-refractivity contribution in [3.05, 3.63) is 58.1 Å². The third-order valence-electron chi connectivity index (χ3n) is 4.46. The smallest absolute Gasteiger partial charge is 0.276 e. The molecule has 3 N–H and O–H groups in total. The quantitative estimate of drug-likeness (QED) is 0.284. The topological polar surface area (TPSA) is 88.7 Å². The SMILES string of the molecule is CCCCCOc1ccccc1C(=O)NC(=S)NNC(=O)COc1cc(C)c(Cl)c(C)c1. The number of carbonyl (C=O) groups is 2. The Kier molecular flexibility index (Phi) is 10.2. The van der Waals surface area contributed by atoms with Crippen LogP contribution in [0.15, 0.2) is 36.4 Å². The largest absolute Gasteiger partial charge is 0.493 e. The van der Waals surface area contributed by atoms with Crippen LogP contribution in [-0.4, -0.2) is 30.1 Å². The highest BCUT2D eigenvalue weighted by Crippen LogP contribution is 2.25. The first-order valence-electron chi connectivity index (χ1n) is 10.3. The summed E-state index contributed by atoms with van der Waals surface area (Å²) in [7, 11) is 0. The standard InChI is InChI=1S/C23H28ClN3O4S/c1-4-5-8-11-30-19-10-7-6-9-18(19)22(29)25-23(32)27-26-20(28)14-31-17-12-15(2)21(24)16(3)13-17/h6-7,9-10,12-13H,4-5,8,11,14H2,1-3H3,(H,26,28)(H2,25,27,29,32). The molecular weight excluding hydrogens is 450 g/mol. The zero-order valence-corrected chi connectivity index (χ0v) is 20.0. The van der Waals surface area contributed by atoms with Gasteiger partial charge in [0.25, 0.3) is 11.8 Å². The first-order valence-corrected chi connectivity index (χ1v) is 11.1. The molecule has 32 heavy (non-hydrogen) atoms. The van der Waals surface area contributed by atoms with Crippen molar-refractivity contribution in [3.63, 3.8) is 0 Å². The Labute approximate surface area is 198 Å². The average Bonchev–Trinajstić information content (AvgIpc) is 2.77. The second kappa shape index (κ2) is 12.9. The predicted octanol–water partition coefficient (Wildman–Crippen LogP) is 4.24. The fraction of sp³-hybridized carbons (Fsp3) is 0.348. The predicted molar refractivity (Wildman–Crippen MR) is 129 cm³/mol. The molecule has 2 rings (SSSR count). The van der Waals surface area contributed by atoms with Crippen LogP contribution in [0.2, 0.25) is 5.02 Å². The molecule has 0 aliphatic rings. The van der Waals surface area contributed by atoms with Gasteiger partial charge in [0.1, 0.15) is 11.5 Å². The fourth-order valence-electron chi connectivity index (χ4n) is 2.82. The van der Waals surface area contributed by atoms with Crippen molar-refractivity contribution in [1.82, 2.24) is 16.2 Å². The number of carbonyl (C=O) groups excluding carboxylic acids is 2. The summed E-state index contributed by atoms with van der Waals surface area (Å²) in [5, 5.41) is 3.13. The molecule has 0 heterocycles. The third-order valence-corrected chi connectivity index (χ3v) is 5.26. The molecule has 0 atom stereocenters. The van der Waals surface area contributed by atoms with Gasteiger partial charge in [0, 0.05) is 5.02 Å². The van der Waals surface area contributed by atoms with Crippen LogP contribution in [0.4, 0.5) is 0 Å². The Hall–Kier alpha value is -2.84. The van der Waals surface area contributed by atoms with Crippen LogP contribution in [0.3, 0.4) is 0 Å². The van der Waals surface area contributed by atoms with Crippen molar-refractivity contribution >= 4 is 40.7 Å². The lowest BCUT2D eigenvalue weighted by atomic mass is 10.1. The van der Waals surface area contributed by atoms with Gasteiger partial charge in [-0.25, -0.2) is 0 Å². The number of ether oxygens (including phenoxy) is 2. The fourth-order valence-corrected chi connectivity index (χ4v) is 3.07. The van der Waals surface area contributed by atoms with E-state index in [-0.39, 0.29) is 11.7 Å². The monoisotopic (exact) mass is 477 g/mol. The molecule has 172 valence electrons. The van der Waals surface area contributed by atoms with Crippen LogP contribution in [0.5, 0.6) is 11.5 Å². The minimum absolute atomic E-state index is 0.0534. The average molecular weight is 478 g/mol. The number of amides is 2. The van der Waals surface area contributed by atoms with Crippen molar-refractivity contribution in [2.24, 2.45) is 0 Å². The van der Waals surface area contributed by atoms with Gasteiger partial charge in [0.05, 0.1) is 12.2 Å². The number of nitrogens with one attached hydrogen (secondary N) is 3. The van der Waals surface area contributed by atoms with Crippen molar-refractivity contribution in [3.8, 4) is 11.5 Å². The first-order chi connectivity index (χ1) is 15.3. The second-order valence-electron chi connectivity index (χ2n) is 7.17. The molecule has 7 nitrogen and oxygen atoms in total. The first kappa shape index (κ1) is 25.4. The van der Waals surface area contributed by atoms with Gasteiger partial charge in [-0.1, -0.05) is 43.5 Å². The van der Waals surface area contributed by atoms with Gasteiger partial charge < -0.3 is 9.47 Å². The maximum absolute atomic E-state index is 12.5. The van der Waals surface area contributed by atoms with Gasteiger partial charge in [-0.3, -0.25) is 25.8 Å². The zero-order chi connectivity index (χ0) is 23.5. The highest BCUT2D eigenvalue weighted by molar-refractivity contribution is 7.80. The summed E-state index contributed by atoms with van der Waals surface area (Å²) in [6, 6.07) is 10.4. The summed E-state index contributed by atoms with van der Waals surface area (Å²) in [5.41, 5.74) is 6.95. The summed E-state index contributed by atoms with van der Waals surface area (Å²) in [5.74, 6) is 0.110. The number of benzene rings is 2. The number of rotatable bonds is 9. The van der Waals surface area contributed by atoms with E-state index in [1.54, 1.807) is 36.4 Å². The number of unbranched alkanes of at least 4 members (excludes halogenated alkanes) is 2. The highest BCUT2D eigenvalue weighted by Gasteiger charge is 2.14. The van der Waals surface area contributed by atoms with Crippen molar-refractivity contribution in [2.75, 3.05) is 13.2 Å². The van der Waals surface area contributed by atoms with E-state index < -0.39 is 11.8 Å². The highest BCUT2D eigenvalue weighted by atomic mass is 35.5. The summed E-state index contributed by atoms with van der Waals surface area (Å²) in [6.45, 7) is 6.13. The van der Waals surface area contributed by atoms with Crippen LogP contribution in [0.1, 0.15) is 47.7 Å². The number of hydrogen-bond acceptors (Lipinski definition) is 5. The van der Waals surface area contributed by atoms with E-state index in [9.17, 15) is 9.59 Å². The van der Waals surface area contributed by atoms with Gasteiger partial charge in [-0.15, -0.1) is 0 Å².